The zero-order valence-corrected chi connectivity index (χ0v) is 31.2. The van der Waals surface area contributed by atoms with E-state index in [1.807, 2.05) is 53.7 Å². The molecule has 0 saturated carbocycles. The van der Waals surface area contributed by atoms with Gasteiger partial charge in [0.25, 0.3) is 0 Å². The van der Waals surface area contributed by atoms with Crippen LogP contribution < -0.4 is 0 Å². The minimum absolute atomic E-state index is 0.0389. The number of aliphatic hydroxyl groups excluding tert-OH is 1. The average molecular weight is 648 g/mol. The zero-order chi connectivity index (χ0) is 34.2. The molecule has 1 N–H and O–H groups in total. The highest BCUT2D eigenvalue weighted by atomic mass is 28.4. The molecule has 0 spiro atoms. The molecule has 1 fully saturated rings. The van der Waals surface area contributed by atoms with Crippen molar-refractivity contribution < 1.29 is 28.2 Å². The van der Waals surface area contributed by atoms with Crippen LogP contribution in [0.5, 0.6) is 0 Å². The lowest BCUT2D eigenvalue weighted by Crippen LogP contribution is -2.52. The first-order valence-electron chi connectivity index (χ1n) is 16.9. The van der Waals surface area contributed by atoms with Gasteiger partial charge in [0.2, 0.25) is 0 Å². The molecule has 0 amide bonds. The zero-order valence-electron chi connectivity index (χ0n) is 30.2. The molecular formula is C37H62FNO5Si. The lowest BCUT2D eigenvalue weighted by Gasteiger charge is -2.44. The van der Waals surface area contributed by atoms with Gasteiger partial charge in [0, 0.05) is 12.1 Å². The summed E-state index contributed by atoms with van der Waals surface area (Å²) < 4.78 is 34.0. The molecule has 2 rings (SSSR count). The number of carbonyl (C=O) groups is 1. The lowest BCUT2D eigenvalue weighted by molar-refractivity contribution is -0.289. The SMILES string of the molecule is CCC(C(=O)C(C)(C)[C@@H]1CCOC(C)(C)O1)[C@H](O)[C@@H](C)CCC/C(C)=C/C[C@H](O[Si](C)(C)C(C)(C)C)/C(F)=C/c1ccccn1. The van der Waals surface area contributed by atoms with Gasteiger partial charge in [0.05, 0.1) is 29.9 Å². The van der Waals surface area contributed by atoms with Gasteiger partial charge in [-0.25, -0.2) is 4.39 Å². The van der Waals surface area contributed by atoms with Crippen LogP contribution in [0.3, 0.4) is 0 Å². The second-order valence-electron chi connectivity index (χ2n) is 15.5. The van der Waals surface area contributed by atoms with E-state index in [-0.39, 0.29) is 28.7 Å². The van der Waals surface area contributed by atoms with Crippen molar-refractivity contribution in [3.63, 3.8) is 0 Å². The van der Waals surface area contributed by atoms with Crippen LogP contribution in [0.4, 0.5) is 4.39 Å². The number of halogens is 1. The maximum atomic E-state index is 15.6. The van der Waals surface area contributed by atoms with Gasteiger partial charge in [-0.05, 0) is 102 Å². The van der Waals surface area contributed by atoms with Crippen molar-refractivity contribution >= 4 is 20.2 Å². The molecule has 0 aliphatic carbocycles. The minimum Gasteiger partial charge on any atom is -0.407 e. The molecule has 8 heteroatoms. The molecule has 1 saturated heterocycles. The highest BCUT2D eigenvalue weighted by Crippen LogP contribution is 2.40. The van der Waals surface area contributed by atoms with Crippen LogP contribution >= 0.6 is 0 Å². The molecular weight excluding hydrogens is 585 g/mol. The van der Waals surface area contributed by atoms with Gasteiger partial charge in [0.15, 0.2) is 14.1 Å². The molecule has 0 aromatic carbocycles. The summed E-state index contributed by atoms with van der Waals surface area (Å²) in [6.45, 7) is 25.0. The van der Waals surface area contributed by atoms with Gasteiger partial charge in [-0.15, -0.1) is 0 Å². The van der Waals surface area contributed by atoms with Crippen LogP contribution in [-0.4, -0.2) is 54.9 Å². The van der Waals surface area contributed by atoms with E-state index in [4.69, 9.17) is 13.9 Å². The maximum Gasteiger partial charge on any atom is 0.193 e. The quantitative estimate of drug-likeness (QED) is 0.142. The number of carbonyl (C=O) groups excluding carboxylic acids is 1. The lowest BCUT2D eigenvalue weighted by atomic mass is 9.71. The Morgan fingerprint density at radius 3 is 2.47 bits per heavy atom. The topological polar surface area (TPSA) is 77.9 Å². The first-order valence-corrected chi connectivity index (χ1v) is 19.8. The highest BCUT2D eigenvalue weighted by molar-refractivity contribution is 6.74. The third kappa shape index (κ3) is 11.5. The van der Waals surface area contributed by atoms with Gasteiger partial charge in [-0.2, -0.15) is 0 Å². The average Bonchev–Trinajstić information content (AvgIpc) is 2.94. The van der Waals surface area contributed by atoms with E-state index in [1.165, 1.54) is 6.08 Å². The number of aromatic nitrogens is 1. The van der Waals surface area contributed by atoms with E-state index in [0.717, 1.165) is 24.8 Å². The van der Waals surface area contributed by atoms with Gasteiger partial charge in [-0.3, -0.25) is 9.78 Å². The summed E-state index contributed by atoms with van der Waals surface area (Å²) in [6.07, 6.45) is 7.72. The van der Waals surface area contributed by atoms with E-state index in [1.54, 1.807) is 12.3 Å². The van der Waals surface area contributed by atoms with Crippen molar-refractivity contribution in [3.05, 3.63) is 47.6 Å². The van der Waals surface area contributed by atoms with E-state index < -0.39 is 37.6 Å². The molecule has 1 aromatic heterocycles. The summed E-state index contributed by atoms with van der Waals surface area (Å²) in [7, 11) is -2.23. The normalized spacial score (nSPS) is 21.2. The van der Waals surface area contributed by atoms with Crippen LogP contribution in [0.25, 0.3) is 6.08 Å². The fraction of sp³-hybridized carbons (Fsp3) is 0.730. The monoisotopic (exact) mass is 647 g/mol. The molecule has 0 radical (unpaired) electrons. The van der Waals surface area contributed by atoms with Crippen LogP contribution in [-0.2, 0) is 18.7 Å². The number of hydrogen-bond acceptors (Lipinski definition) is 6. The number of ketones is 1. The summed E-state index contributed by atoms with van der Waals surface area (Å²) in [5.41, 5.74) is 1.00. The van der Waals surface area contributed by atoms with Gasteiger partial charge >= 0.3 is 0 Å². The molecule has 2 heterocycles. The number of pyridine rings is 1. The largest absolute Gasteiger partial charge is 0.407 e. The number of ether oxygens (including phenoxy) is 2. The van der Waals surface area contributed by atoms with Crippen molar-refractivity contribution in [3.8, 4) is 0 Å². The fourth-order valence-electron chi connectivity index (χ4n) is 5.70. The Kier molecular flexibility index (Phi) is 14.4. The van der Waals surface area contributed by atoms with Crippen molar-refractivity contribution in [1.82, 2.24) is 4.98 Å². The number of rotatable bonds is 16. The predicted octanol–water partition coefficient (Wildman–Crippen LogP) is 9.45. The fourth-order valence-corrected chi connectivity index (χ4v) is 6.97. The maximum absolute atomic E-state index is 15.6. The Labute approximate surface area is 274 Å². The summed E-state index contributed by atoms with van der Waals surface area (Å²) in [5.74, 6) is -1.48. The molecule has 0 bridgehead atoms. The minimum atomic E-state index is -2.23. The first kappa shape index (κ1) is 39.5. The van der Waals surface area contributed by atoms with E-state index in [2.05, 4.69) is 51.8 Å². The molecule has 5 atom stereocenters. The predicted molar refractivity (Wildman–Crippen MR) is 185 cm³/mol. The number of nitrogens with zero attached hydrogens (tertiary/aromatic N) is 1. The summed E-state index contributed by atoms with van der Waals surface area (Å²) >= 11 is 0. The molecule has 6 nitrogen and oxygen atoms in total. The summed E-state index contributed by atoms with van der Waals surface area (Å²) in [5, 5.41) is 11.3. The van der Waals surface area contributed by atoms with Crippen molar-refractivity contribution in [2.24, 2.45) is 17.3 Å². The van der Waals surface area contributed by atoms with Crippen LogP contribution in [0, 0.1) is 17.3 Å². The van der Waals surface area contributed by atoms with Crippen molar-refractivity contribution in [1.29, 1.82) is 0 Å². The number of Topliss-reactive ketones (excluding diaryl/α,β-unsaturated/α-hetero) is 1. The van der Waals surface area contributed by atoms with Gasteiger partial charge < -0.3 is 19.0 Å². The first-order chi connectivity index (χ1) is 20.7. The van der Waals surface area contributed by atoms with Crippen LogP contribution in [0.2, 0.25) is 18.1 Å². The van der Waals surface area contributed by atoms with E-state index in [9.17, 15) is 9.90 Å². The third-order valence-corrected chi connectivity index (χ3v) is 14.4. The smallest absolute Gasteiger partial charge is 0.193 e. The highest BCUT2D eigenvalue weighted by Gasteiger charge is 2.46. The van der Waals surface area contributed by atoms with Gasteiger partial charge in [0.1, 0.15) is 17.7 Å². The van der Waals surface area contributed by atoms with E-state index >= 15 is 4.39 Å². The Morgan fingerprint density at radius 1 is 1.24 bits per heavy atom. The molecule has 1 aromatic rings. The van der Waals surface area contributed by atoms with Crippen LogP contribution in [0.1, 0.15) is 113 Å². The second-order valence-corrected chi connectivity index (χ2v) is 20.3. The van der Waals surface area contributed by atoms with Gasteiger partial charge in [-0.1, -0.05) is 66.2 Å². The number of allylic oxidation sites excluding steroid dienone is 1. The third-order valence-electron chi connectivity index (χ3n) is 9.90. The molecule has 45 heavy (non-hydrogen) atoms. The number of hydrogen-bond donors (Lipinski definition) is 1. The molecule has 1 unspecified atom stereocenters. The Bertz CT molecular complexity index is 1140. The molecule has 1 aliphatic rings. The molecule has 256 valence electrons. The standard InChI is InChI=1S/C37H62FNO5Si/c1-13-29(34(41)36(7,8)32-22-24-42-37(9,10)43-32)33(40)27(3)18-16-17-26(2)20-21-31(44-45(11,12)35(4,5)6)30(38)25-28-19-14-15-23-39-28/h14-15,19-20,23,25,27,29,31-33,40H,13,16-18,21-22,24H2,1-12H3/b26-20+,30-25-/t27-,29?,31-,32-,33+/m0/s1. The second kappa shape index (κ2) is 16.4. The van der Waals surface area contributed by atoms with Crippen LogP contribution in [0.15, 0.2) is 41.9 Å². The Morgan fingerprint density at radius 2 is 1.91 bits per heavy atom. The molecule has 1 aliphatic heterocycles. The van der Waals surface area contributed by atoms with Crippen molar-refractivity contribution in [2.45, 2.75) is 150 Å². The van der Waals surface area contributed by atoms with Crippen molar-refractivity contribution in [2.75, 3.05) is 6.61 Å². The Hall–Kier alpha value is -1.71. The summed E-state index contributed by atoms with van der Waals surface area (Å²) in [6, 6.07) is 5.45. The van der Waals surface area contributed by atoms with E-state index in [0.29, 0.717) is 31.6 Å². The Balaban J connectivity index is 2.04. The summed E-state index contributed by atoms with van der Waals surface area (Å²) in [4.78, 5) is 18.0. The number of aliphatic hydroxyl groups is 1.